The molecule has 10 nitrogen and oxygen atoms in total. The van der Waals surface area contributed by atoms with Crippen LogP contribution in [0.5, 0.6) is 0 Å². The Morgan fingerprint density at radius 3 is 2.36 bits per heavy atom. The minimum Gasteiger partial charge on any atom is -0.392 e. The Hall–Kier alpha value is -2.92. The molecule has 6 fully saturated rings. The summed E-state index contributed by atoms with van der Waals surface area (Å²) in [6, 6.07) is 13.1. The van der Waals surface area contributed by atoms with E-state index in [1.807, 2.05) is 29.3 Å². The summed E-state index contributed by atoms with van der Waals surface area (Å²) in [6.45, 7) is 5.10. The number of carbonyl (C=O) groups excluding carboxylic acids is 1. The molecule has 2 aromatic rings. The van der Waals surface area contributed by atoms with Gasteiger partial charge < -0.3 is 31.1 Å². The number of β-amino-alcohol motifs (C(OH)–C–C–N with tert-alkyl or cyclic N) is 1. The van der Waals surface area contributed by atoms with Crippen molar-refractivity contribution in [2.45, 2.75) is 75.8 Å². The normalized spacial score (nSPS) is 34.3. The number of pyridine rings is 1. The highest BCUT2D eigenvalue weighted by molar-refractivity contribution is 5.98. The van der Waals surface area contributed by atoms with Crippen LogP contribution in [0.1, 0.15) is 51.4 Å². The third-order valence-electron chi connectivity index (χ3n) is 12.0. The van der Waals surface area contributed by atoms with Gasteiger partial charge in [0.15, 0.2) is 0 Å². The minimum absolute atomic E-state index is 0.0212. The smallest absolute Gasteiger partial charge is 0.322 e. The standard InChI is InChI=1S/C34H47N7O3/c35-32(43)34-17-22-15-23(18-34)31(24(16-22)19-34)37-33(44)41-14-13-40(28-3-1-2-4-29(28)41)30-6-5-26(20-36-30)38-10-7-25(8-11-38)39-12-9-27(42)21-39/h1-6,20,22-25,27,31-32,42-43H,7-19,21,35H2,(H,37,44). The number of amides is 2. The molecule has 4 bridgehead atoms. The van der Waals surface area contributed by atoms with Gasteiger partial charge in [0.1, 0.15) is 12.0 Å². The first kappa shape index (κ1) is 28.5. The molecule has 9 rings (SSSR count). The molecule has 3 aliphatic heterocycles. The van der Waals surface area contributed by atoms with Crippen molar-refractivity contribution in [3.8, 4) is 0 Å². The van der Waals surface area contributed by atoms with E-state index in [-0.39, 0.29) is 23.6 Å². The van der Waals surface area contributed by atoms with Crippen LogP contribution in [-0.2, 0) is 0 Å². The topological polar surface area (TPSA) is 121 Å². The molecule has 1 aromatic carbocycles. The number of carbonyl (C=O) groups is 1. The highest BCUT2D eigenvalue weighted by Crippen LogP contribution is 2.60. The zero-order valence-corrected chi connectivity index (χ0v) is 25.6. The number of fused-ring (bicyclic) bond motifs is 1. The monoisotopic (exact) mass is 601 g/mol. The van der Waals surface area contributed by atoms with Gasteiger partial charge in [-0.2, -0.15) is 0 Å². The zero-order valence-electron chi connectivity index (χ0n) is 25.6. The Kier molecular flexibility index (Phi) is 7.24. The van der Waals surface area contributed by atoms with Crippen molar-refractivity contribution in [2.75, 3.05) is 54.0 Å². The molecule has 44 heavy (non-hydrogen) atoms. The Morgan fingerprint density at radius 2 is 1.70 bits per heavy atom. The third kappa shape index (κ3) is 4.94. The van der Waals surface area contributed by atoms with E-state index in [4.69, 9.17) is 10.7 Å². The van der Waals surface area contributed by atoms with Gasteiger partial charge in [-0.1, -0.05) is 12.1 Å². The second kappa shape index (κ2) is 11.2. The van der Waals surface area contributed by atoms with Gasteiger partial charge in [0.2, 0.25) is 0 Å². The first-order valence-corrected chi connectivity index (χ1v) is 16.9. The van der Waals surface area contributed by atoms with Crippen molar-refractivity contribution in [1.29, 1.82) is 0 Å². The second-order valence-corrected chi connectivity index (χ2v) is 14.6. The zero-order chi connectivity index (χ0) is 30.0. The van der Waals surface area contributed by atoms with Crippen LogP contribution in [0.3, 0.4) is 0 Å². The van der Waals surface area contributed by atoms with Gasteiger partial charge in [-0.25, -0.2) is 9.78 Å². The highest BCUT2D eigenvalue weighted by atomic mass is 16.3. The number of rotatable bonds is 5. The number of hydrogen-bond donors (Lipinski definition) is 4. The predicted molar refractivity (Wildman–Crippen MR) is 171 cm³/mol. The van der Waals surface area contributed by atoms with Gasteiger partial charge in [0, 0.05) is 56.8 Å². The number of piperidine rings is 1. The van der Waals surface area contributed by atoms with Crippen molar-refractivity contribution >= 4 is 28.9 Å². The Morgan fingerprint density at radius 1 is 0.955 bits per heavy atom. The number of para-hydroxylation sites is 2. The molecule has 2 saturated heterocycles. The summed E-state index contributed by atoms with van der Waals surface area (Å²) in [4.78, 5) is 27.8. The molecule has 5 N–H and O–H groups in total. The number of likely N-dealkylation sites (tertiary alicyclic amines) is 1. The number of urea groups is 1. The molecule has 7 aliphatic rings. The first-order valence-electron chi connectivity index (χ1n) is 16.9. The van der Waals surface area contributed by atoms with E-state index in [1.165, 1.54) is 0 Å². The summed E-state index contributed by atoms with van der Waals surface area (Å²) in [7, 11) is 0. The fourth-order valence-electron chi connectivity index (χ4n) is 10.0. The molecular formula is C34H47N7O3. The van der Waals surface area contributed by atoms with Crippen LogP contribution in [0.25, 0.3) is 0 Å². The lowest BCUT2D eigenvalue weighted by atomic mass is 9.47. The number of nitrogens with two attached hydrogens (primary N) is 1. The number of nitrogens with zero attached hydrogens (tertiary/aromatic N) is 5. The van der Waals surface area contributed by atoms with Crippen LogP contribution < -0.4 is 25.8 Å². The van der Waals surface area contributed by atoms with Gasteiger partial charge in [-0.05, 0) is 93.4 Å². The van der Waals surface area contributed by atoms with Crippen LogP contribution >= 0.6 is 0 Å². The van der Waals surface area contributed by atoms with Gasteiger partial charge in [0.25, 0.3) is 0 Å². The molecule has 10 heteroatoms. The summed E-state index contributed by atoms with van der Waals surface area (Å²) in [6.07, 6.45) is 9.31. The van der Waals surface area contributed by atoms with E-state index in [0.717, 1.165) is 100 Å². The molecule has 4 aliphatic carbocycles. The Balaban J connectivity index is 0.932. The van der Waals surface area contributed by atoms with Crippen molar-refractivity contribution < 1.29 is 15.0 Å². The molecule has 4 heterocycles. The minimum atomic E-state index is -0.766. The number of nitrogens with one attached hydrogen (secondary N) is 1. The molecule has 0 spiro atoms. The van der Waals surface area contributed by atoms with E-state index in [1.54, 1.807) is 0 Å². The summed E-state index contributed by atoms with van der Waals surface area (Å²) in [5.74, 6) is 2.30. The molecule has 1 aromatic heterocycles. The maximum Gasteiger partial charge on any atom is 0.322 e. The molecule has 2 amide bonds. The maximum atomic E-state index is 13.8. The van der Waals surface area contributed by atoms with E-state index < -0.39 is 6.23 Å². The molecule has 4 unspecified atom stereocenters. The van der Waals surface area contributed by atoms with Crippen LogP contribution in [0.4, 0.5) is 27.7 Å². The fourth-order valence-corrected chi connectivity index (χ4v) is 10.0. The lowest BCUT2D eigenvalue weighted by Crippen LogP contribution is -2.64. The average molecular weight is 602 g/mol. The van der Waals surface area contributed by atoms with Crippen LogP contribution in [0, 0.1) is 23.2 Å². The number of benzene rings is 1. The van der Waals surface area contributed by atoms with Gasteiger partial charge in [-0.15, -0.1) is 0 Å². The summed E-state index contributed by atoms with van der Waals surface area (Å²) in [5, 5.41) is 23.8. The van der Waals surface area contributed by atoms with Gasteiger partial charge in [-0.3, -0.25) is 9.80 Å². The molecule has 236 valence electrons. The van der Waals surface area contributed by atoms with Gasteiger partial charge >= 0.3 is 6.03 Å². The molecule has 0 radical (unpaired) electrons. The quantitative estimate of drug-likeness (QED) is 0.386. The highest BCUT2D eigenvalue weighted by Gasteiger charge is 2.57. The van der Waals surface area contributed by atoms with Crippen LogP contribution in [0.15, 0.2) is 42.6 Å². The van der Waals surface area contributed by atoms with Crippen LogP contribution in [0.2, 0.25) is 0 Å². The number of aliphatic hydroxyl groups is 2. The SMILES string of the molecule is NC(O)C12CC3CC(C1)C(NC(=O)N1CCN(c4ccc(N5CCC(N6CCC(O)C6)CC5)cn4)c4ccccc41)C(C3)C2. The lowest BCUT2D eigenvalue weighted by molar-refractivity contribution is -0.130. The third-order valence-corrected chi connectivity index (χ3v) is 12.0. The fraction of sp³-hybridized carbons (Fsp3) is 0.647. The number of hydrogen-bond acceptors (Lipinski definition) is 8. The lowest BCUT2D eigenvalue weighted by Gasteiger charge is -2.61. The second-order valence-electron chi connectivity index (χ2n) is 14.6. The van der Waals surface area contributed by atoms with E-state index >= 15 is 0 Å². The van der Waals surface area contributed by atoms with Crippen molar-refractivity contribution in [3.63, 3.8) is 0 Å². The molecule has 4 atom stereocenters. The van der Waals surface area contributed by atoms with Crippen molar-refractivity contribution in [1.82, 2.24) is 15.2 Å². The van der Waals surface area contributed by atoms with Crippen molar-refractivity contribution in [3.05, 3.63) is 42.6 Å². The van der Waals surface area contributed by atoms with E-state index in [2.05, 4.69) is 38.2 Å². The average Bonchev–Trinajstić information content (AvgIpc) is 3.48. The molecule has 4 saturated carbocycles. The number of anilines is 4. The Bertz CT molecular complexity index is 1350. The van der Waals surface area contributed by atoms with Gasteiger partial charge in [0.05, 0.1) is 29.4 Å². The summed E-state index contributed by atoms with van der Waals surface area (Å²) in [5.41, 5.74) is 8.99. The summed E-state index contributed by atoms with van der Waals surface area (Å²) >= 11 is 0. The number of aliphatic hydroxyl groups excluding tert-OH is 2. The summed E-state index contributed by atoms with van der Waals surface area (Å²) < 4.78 is 0. The van der Waals surface area contributed by atoms with E-state index in [0.29, 0.717) is 36.9 Å². The van der Waals surface area contributed by atoms with Crippen LogP contribution in [-0.4, -0.2) is 89.8 Å². The largest absolute Gasteiger partial charge is 0.392 e. The number of aromatic nitrogens is 1. The first-order chi connectivity index (χ1) is 21.4. The van der Waals surface area contributed by atoms with E-state index in [9.17, 15) is 15.0 Å². The molecular weight excluding hydrogens is 554 g/mol. The predicted octanol–water partition coefficient (Wildman–Crippen LogP) is 3.26. The Labute approximate surface area is 260 Å². The maximum absolute atomic E-state index is 13.8. The van der Waals surface area contributed by atoms with Crippen molar-refractivity contribution in [2.24, 2.45) is 28.9 Å².